The second-order valence-electron chi connectivity index (χ2n) is 5.61. The number of carbonyl (C=O) groups is 2. The second-order valence-corrected chi connectivity index (χ2v) is 6.83. The molecule has 1 aromatic heterocycles. The zero-order valence-corrected chi connectivity index (χ0v) is 15.4. The lowest BCUT2D eigenvalue weighted by molar-refractivity contribution is 0.0527. The van der Waals surface area contributed by atoms with Gasteiger partial charge >= 0.3 is 5.97 Å². The van der Waals surface area contributed by atoms with Crippen LogP contribution in [-0.2, 0) is 4.74 Å². The molecular weight excluding hydrogens is 324 g/mol. The summed E-state index contributed by atoms with van der Waals surface area (Å²) < 4.78 is 5.11. The number of aryl methyl sites for hydroxylation is 1. The number of nitrogens with zero attached hydrogens (tertiary/aromatic N) is 1. The van der Waals surface area contributed by atoms with Crippen LogP contribution < -0.4 is 10.2 Å². The quantitative estimate of drug-likeness (QED) is 0.835. The van der Waals surface area contributed by atoms with Gasteiger partial charge in [-0.1, -0.05) is 6.07 Å². The van der Waals surface area contributed by atoms with Crippen LogP contribution in [0.25, 0.3) is 0 Å². The Balaban J connectivity index is 2.31. The Hall–Kier alpha value is -2.34. The van der Waals surface area contributed by atoms with Crippen molar-refractivity contribution in [2.24, 2.45) is 0 Å². The molecule has 1 N–H and O–H groups in total. The zero-order valence-electron chi connectivity index (χ0n) is 14.6. The molecule has 0 radical (unpaired) electrons. The van der Waals surface area contributed by atoms with E-state index in [1.807, 2.05) is 51.0 Å². The fourth-order valence-corrected chi connectivity index (χ4v) is 3.31. The SMILES string of the molecule is CCOC(=O)c1c(NC(=O)c2cccc(N(C)C)c2)sc(C)c1C. The number of benzene rings is 1. The average molecular weight is 346 g/mol. The van der Waals surface area contributed by atoms with Gasteiger partial charge in [0.15, 0.2) is 0 Å². The number of carbonyl (C=O) groups excluding carboxylic acids is 2. The number of nitrogens with one attached hydrogen (secondary N) is 1. The number of thiophene rings is 1. The molecule has 0 aliphatic heterocycles. The third-order valence-electron chi connectivity index (χ3n) is 3.72. The Bertz CT molecular complexity index is 766. The first-order valence-corrected chi connectivity index (χ1v) is 8.52. The van der Waals surface area contributed by atoms with Crippen LogP contribution in [0.3, 0.4) is 0 Å². The molecule has 1 heterocycles. The summed E-state index contributed by atoms with van der Waals surface area (Å²) in [7, 11) is 3.84. The third kappa shape index (κ3) is 3.76. The van der Waals surface area contributed by atoms with Gasteiger partial charge in [-0.3, -0.25) is 4.79 Å². The molecule has 0 spiro atoms. The van der Waals surface area contributed by atoms with Crippen LogP contribution in [0, 0.1) is 13.8 Å². The Morgan fingerprint density at radius 2 is 1.96 bits per heavy atom. The number of hydrogen-bond acceptors (Lipinski definition) is 5. The first kappa shape index (κ1) is 18.0. The number of amides is 1. The van der Waals surface area contributed by atoms with E-state index in [1.54, 1.807) is 13.0 Å². The van der Waals surface area contributed by atoms with Gasteiger partial charge in [-0.15, -0.1) is 11.3 Å². The summed E-state index contributed by atoms with van der Waals surface area (Å²) >= 11 is 1.39. The molecule has 0 unspecified atom stereocenters. The zero-order chi connectivity index (χ0) is 17.9. The molecule has 1 aromatic carbocycles. The average Bonchev–Trinajstić information content (AvgIpc) is 2.82. The van der Waals surface area contributed by atoms with Gasteiger partial charge in [0, 0.05) is 30.2 Å². The second kappa shape index (κ2) is 7.49. The highest BCUT2D eigenvalue weighted by molar-refractivity contribution is 7.16. The maximum Gasteiger partial charge on any atom is 0.341 e. The van der Waals surface area contributed by atoms with Crippen molar-refractivity contribution >= 4 is 33.9 Å². The number of anilines is 2. The molecule has 0 aliphatic rings. The standard InChI is InChI=1S/C18H22N2O3S/c1-6-23-18(22)15-11(2)12(3)24-17(15)19-16(21)13-8-7-9-14(10-13)20(4)5/h7-10H,6H2,1-5H3,(H,19,21). The van der Waals surface area contributed by atoms with Gasteiger partial charge in [0.1, 0.15) is 5.00 Å². The van der Waals surface area contributed by atoms with Crippen molar-refractivity contribution in [3.05, 3.63) is 45.8 Å². The largest absolute Gasteiger partial charge is 0.462 e. The van der Waals surface area contributed by atoms with E-state index in [1.165, 1.54) is 11.3 Å². The summed E-state index contributed by atoms with van der Waals surface area (Å²) in [4.78, 5) is 27.7. The molecule has 6 heteroatoms. The first-order valence-electron chi connectivity index (χ1n) is 7.71. The Morgan fingerprint density at radius 3 is 2.58 bits per heavy atom. The van der Waals surface area contributed by atoms with Crippen molar-refractivity contribution in [3.8, 4) is 0 Å². The van der Waals surface area contributed by atoms with Crippen molar-refractivity contribution < 1.29 is 14.3 Å². The molecular formula is C18H22N2O3S. The van der Waals surface area contributed by atoms with E-state index < -0.39 is 5.97 Å². The summed E-state index contributed by atoms with van der Waals surface area (Å²) in [6.07, 6.45) is 0. The predicted molar refractivity (Wildman–Crippen MR) is 98.5 cm³/mol. The van der Waals surface area contributed by atoms with E-state index in [0.717, 1.165) is 16.1 Å². The van der Waals surface area contributed by atoms with Crippen LogP contribution >= 0.6 is 11.3 Å². The molecule has 0 saturated carbocycles. The summed E-state index contributed by atoms with van der Waals surface area (Å²) in [6, 6.07) is 7.33. The van der Waals surface area contributed by atoms with Crippen LogP contribution in [0.15, 0.2) is 24.3 Å². The lowest BCUT2D eigenvalue weighted by Gasteiger charge is -2.13. The van der Waals surface area contributed by atoms with E-state index in [-0.39, 0.29) is 5.91 Å². The maximum atomic E-state index is 12.6. The molecule has 0 saturated heterocycles. The minimum absolute atomic E-state index is 0.245. The molecule has 0 aliphatic carbocycles. The van der Waals surface area contributed by atoms with Gasteiger partial charge in [0.05, 0.1) is 12.2 Å². The Labute approximate surface area is 146 Å². The van der Waals surface area contributed by atoms with Crippen molar-refractivity contribution in [1.82, 2.24) is 0 Å². The monoisotopic (exact) mass is 346 g/mol. The van der Waals surface area contributed by atoms with Crippen molar-refractivity contribution in [2.45, 2.75) is 20.8 Å². The van der Waals surface area contributed by atoms with Gasteiger partial charge in [-0.25, -0.2) is 4.79 Å². The number of ether oxygens (including phenoxy) is 1. The summed E-state index contributed by atoms with van der Waals surface area (Å²) in [5, 5.41) is 3.39. The van der Waals surface area contributed by atoms with E-state index in [9.17, 15) is 9.59 Å². The van der Waals surface area contributed by atoms with Gasteiger partial charge in [0.2, 0.25) is 0 Å². The van der Waals surface area contributed by atoms with Gasteiger partial charge in [-0.2, -0.15) is 0 Å². The Morgan fingerprint density at radius 1 is 1.25 bits per heavy atom. The van der Waals surface area contributed by atoms with E-state index in [4.69, 9.17) is 4.74 Å². The van der Waals surface area contributed by atoms with Crippen molar-refractivity contribution in [2.75, 3.05) is 30.9 Å². The fraction of sp³-hybridized carbons (Fsp3) is 0.333. The number of hydrogen-bond donors (Lipinski definition) is 1. The van der Waals surface area contributed by atoms with Crippen LogP contribution in [0.2, 0.25) is 0 Å². The van der Waals surface area contributed by atoms with Crippen LogP contribution in [0.1, 0.15) is 38.1 Å². The van der Waals surface area contributed by atoms with Crippen LogP contribution in [0.5, 0.6) is 0 Å². The molecule has 0 bridgehead atoms. The van der Waals surface area contributed by atoms with Gasteiger partial charge in [-0.05, 0) is 44.5 Å². The minimum atomic E-state index is -0.406. The number of rotatable bonds is 5. The lowest BCUT2D eigenvalue weighted by Crippen LogP contribution is -2.16. The molecule has 24 heavy (non-hydrogen) atoms. The highest BCUT2D eigenvalue weighted by atomic mass is 32.1. The molecule has 2 rings (SSSR count). The third-order valence-corrected chi connectivity index (χ3v) is 4.84. The maximum absolute atomic E-state index is 12.6. The van der Waals surface area contributed by atoms with Gasteiger partial charge in [0.25, 0.3) is 5.91 Å². The molecule has 128 valence electrons. The normalized spacial score (nSPS) is 10.4. The Kier molecular flexibility index (Phi) is 5.62. The molecule has 0 fully saturated rings. The van der Waals surface area contributed by atoms with Crippen molar-refractivity contribution in [3.63, 3.8) is 0 Å². The smallest absolute Gasteiger partial charge is 0.341 e. The first-order chi connectivity index (χ1) is 11.3. The van der Waals surface area contributed by atoms with Crippen molar-refractivity contribution in [1.29, 1.82) is 0 Å². The van der Waals surface area contributed by atoms with E-state index in [2.05, 4.69) is 5.32 Å². The van der Waals surface area contributed by atoms with Crippen LogP contribution in [-0.4, -0.2) is 32.6 Å². The highest BCUT2D eigenvalue weighted by Crippen LogP contribution is 2.33. The summed E-state index contributed by atoms with van der Waals surface area (Å²) in [5.41, 5.74) is 2.76. The van der Waals surface area contributed by atoms with Gasteiger partial charge < -0.3 is 15.0 Å². The topological polar surface area (TPSA) is 58.6 Å². The fourth-order valence-electron chi connectivity index (χ4n) is 2.26. The lowest BCUT2D eigenvalue weighted by atomic mass is 10.1. The molecule has 1 amide bonds. The molecule has 0 atom stereocenters. The van der Waals surface area contributed by atoms with E-state index in [0.29, 0.717) is 22.7 Å². The predicted octanol–water partition coefficient (Wildman–Crippen LogP) is 3.86. The highest BCUT2D eigenvalue weighted by Gasteiger charge is 2.22. The van der Waals surface area contributed by atoms with Crippen LogP contribution in [0.4, 0.5) is 10.7 Å². The molecule has 5 nitrogen and oxygen atoms in total. The minimum Gasteiger partial charge on any atom is -0.462 e. The number of esters is 1. The molecule has 2 aromatic rings. The van der Waals surface area contributed by atoms with E-state index >= 15 is 0 Å². The summed E-state index contributed by atoms with van der Waals surface area (Å²) in [5.74, 6) is -0.651. The summed E-state index contributed by atoms with van der Waals surface area (Å²) in [6.45, 7) is 5.84.